The molecule has 0 saturated carbocycles. The van der Waals surface area contributed by atoms with Crippen LogP contribution in [0.4, 0.5) is 0 Å². The lowest BCUT2D eigenvalue weighted by Gasteiger charge is -2.33. The third-order valence-electron chi connectivity index (χ3n) is 2.85. The van der Waals surface area contributed by atoms with E-state index in [1.54, 1.807) is 0 Å². The monoisotopic (exact) mass is 230 g/mol. The number of likely N-dealkylation sites (N-methyl/N-ethyl adjacent to an activating group) is 1. The predicted molar refractivity (Wildman–Crippen MR) is 60.9 cm³/mol. The molecule has 5 heteroatoms. The average molecular weight is 230 g/mol. The Bertz CT molecular complexity index is 213. The van der Waals surface area contributed by atoms with Crippen LogP contribution < -0.4 is 0 Å². The van der Waals surface area contributed by atoms with Crippen molar-refractivity contribution < 1.29 is 14.6 Å². The minimum Gasteiger partial charge on any atom is -0.436 e. The molecule has 1 atom stereocenters. The van der Waals surface area contributed by atoms with Crippen LogP contribution in [0.15, 0.2) is 0 Å². The highest BCUT2D eigenvalue weighted by molar-refractivity contribution is 5.69. The minimum atomic E-state index is -0.996. The number of esters is 1. The molecule has 1 aliphatic rings. The third kappa shape index (κ3) is 4.92. The molecule has 94 valence electrons. The summed E-state index contributed by atoms with van der Waals surface area (Å²) in [4.78, 5) is 15.9. The van der Waals surface area contributed by atoms with E-state index >= 15 is 0 Å². The van der Waals surface area contributed by atoms with Gasteiger partial charge in [0, 0.05) is 32.7 Å². The van der Waals surface area contributed by atoms with Gasteiger partial charge in [0.1, 0.15) is 0 Å². The lowest BCUT2D eigenvalue weighted by atomic mass is 10.3. The van der Waals surface area contributed by atoms with Crippen molar-refractivity contribution in [3.63, 3.8) is 0 Å². The summed E-state index contributed by atoms with van der Waals surface area (Å²) in [7, 11) is 0. The summed E-state index contributed by atoms with van der Waals surface area (Å²) in [5.41, 5.74) is 0. The predicted octanol–water partition coefficient (Wildman–Crippen LogP) is -0.104. The van der Waals surface area contributed by atoms with Crippen molar-refractivity contribution in [2.75, 3.05) is 39.3 Å². The molecular formula is C11H22N2O3. The SMILES string of the molecule is CCN1CCN(CCC(=O)OC(C)O)CC1. The summed E-state index contributed by atoms with van der Waals surface area (Å²) in [5, 5.41) is 8.86. The molecule has 0 radical (unpaired) electrons. The van der Waals surface area contributed by atoms with Gasteiger partial charge >= 0.3 is 5.97 Å². The molecule has 0 amide bonds. The molecule has 0 aliphatic carbocycles. The van der Waals surface area contributed by atoms with E-state index in [-0.39, 0.29) is 5.97 Å². The zero-order chi connectivity index (χ0) is 12.0. The fraction of sp³-hybridized carbons (Fsp3) is 0.909. The first-order valence-electron chi connectivity index (χ1n) is 5.94. The summed E-state index contributed by atoms with van der Waals surface area (Å²) in [6.07, 6.45) is -0.638. The quantitative estimate of drug-likeness (QED) is 0.528. The molecule has 1 unspecified atom stereocenters. The number of carbonyl (C=O) groups is 1. The Morgan fingerprint density at radius 1 is 1.31 bits per heavy atom. The van der Waals surface area contributed by atoms with Gasteiger partial charge in [-0.3, -0.25) is 4.79 Å². The number of nitrogens with zero attached hydrogens (tertiary/aromatic N) is 2. The topological polar surface area (TPSA) is 53.0 Å². The van der Waals surface area contributed by atoms with Gasteiger partial charge in [-0.2, -0.15) is 0 Å². The molecule has 5 nitrogen and oxygen atoms in total. The van der Waals surface area contributed by atoms with Crippen molar-refractivity contribution in [3.05, 3.63) is 0 Å². The minimum absolute atomic E-state index is 0.326. The first-order valence-corrected chi connectivity index (χ1v) is 5.94. The third-order valence-corrected chi connectivity index (χ3v) is 2.85. The van der Waals surface area contributed by atoms with Gasteiger partial charge in [0.25, 0.3) is 0 Å². The number of hydrogen-bond donors (Lipinski definition) is 1. The van der Waals surface area contributed by atoms with Gasteiger partial charge in [-0.1, -0.05) is 6.92 Å². The van der Waals surface area contributed by atoms with Crippen LogP contribution in [-0.2, 0) is 9.53 Å². The number of hydrogen-bond acceptors (Lipinski definition) is 5. The van der Waals surface area contributed by atoms with Crippen molar-refractivity contribution in [2.24, 2.45) is 0 Å². The Morgan fingerprint density at radius 3 is 2.38 bits per heavy atom. The van der Waals surface area contributed by atoms with E-state index in [1.165, 1.54) is 6.92 Å². The van der Waals surface area contributed by atoms with Crippen LogP contribution in [0.5, 0.6) is 0 Å². The summed E-state index contributed by atoms with van der Waals surface area (Å²) < 4.78 is 4.66. The van der Waals surface area contributed by atoms with Crippen molar-refractivity contribution in [1.29, 1.82) is 0 Å². The molecule has 1 heterocycles. The van der Waals surface area contributed by atoms with E-state index in [0.717, 1.165) is 39.3 Å². The van der Waals surface area contributed by atoms with Gasteiger partial charge in [-0.05, 0) is 13.5 Å². The zero-order valence-corrected chi connectivity index (χ0v) is 10.2. The number of ether oxygens (including phenoxy) is 1. The second-order valence-corrected chi connectivity index (χ2v) is 4.12. The molecule has 0 bridgehead atoms. The van der Waals surface area contributed by atoms with E-state index in [0.29, 0.717) is 6.42 Å². The zero-order valence-electron chi connectivity index (χ0n) is 10.2. The molecular weight excluding hydrogens is 208 g/mol. The highest BCUT2D eigenvalue weighted by Gasteiger charge is 2.16. The van der Waals surface area contributed by atoms with Crippen LogP contribution in [-0.4, -0.2) is 66.4 Å². The first-order chi connectivity index (χ1) is 7.61. The van der Waals surface area contributed by atoms with Crippen LogP contribution in [0, 0.1) is 0 Å². The van der Waals surface area contributed by atoms with E-state index < -0.39 is 6.29 Å². The van der Waals surface area contributed by atoms with Crippen molar-refractivity contribution in [2.45, 2.75) is 26.6 Å². The molecule has 0 spiro atoms. The molecule has 1 aliphatic heterocycles. The number of carbonyl (C=O) groups excluding carboxylic acids is 1. The van der Waals surface area contributed by atoms with Crippen LogP contribution in [0.3, 0.4) is 0 Å². The number of aliphatic hydroxyl groups is 1. The molecule has 16 heavy (non-hydrogen) atoms. The maximum Gasteiger partial charge on any atom is 0.309 e. The number of aliphatic hydroxyl groups excluding tert-OH is 1. The molecule has 1 saturated heterocycles. The average Bonchev–Trinajstić information content (AvgIpc) is 2.26. The summed E-state index contributed by atoms with van der Waals surface area (Å²) in [6, 6.07) is 0. The summed E-state index contributed by atoms with van der Waals surface area (Å²) in [5.74, 6) is -0.326. The van der Waals surface area contributed by atoms with Crippen molar-refractivity contribution >= 4 is 5.97 Å². The van der Waals surface area contributed by atoms with E-state index in [4.69, 9.17) is 5.11 Å². The highest BCUT2D eigenvalue weighted by atomic mass is 16.6. The van der Waals surface area contributed by atoms with Crippen LogP contribution in [0.2, 0.25) is 0 Å². The van der Waals surface area contributed by atoms with E-state index in [9.17, 15) is 4.79 Å². The van der Waals surface area contributed by atoms with Crippen molar-refractivity contribution in [3.8, 4) is 0 Å². The van der Waals surface area contributed by atoms with Crippen LogP contribution >= 0.6 is 0 Å². The summed E-state index contributed by atoms with van der Waals surface area (Å²) >= 11 is 0. The standard InChI is InChI=1S/C11H22N2O3/c1-3-12-6-8-13(9-7-12)5-4-11(15)16-10(2)14/h10,14H,3-9H2,1-2H3. The maximum atomic E-state index is 11.2. The second kappa shape index (κ2) is 6.83. The van der Waals surface area contributed by atoms with Crippen LogP contribution in [0.25, 0.3) is 0 Å². The largest absolute Gasteiger partial charge is 0.436 e. The van der Waals surface area contributed by atoms with Gasteiger partial charge in [0.2, 0.25) is 0 Å². The maximum absolute atomic E-state index is 11.2. The normalized spacial score (nSPS) is 20.7. The summed E-state index contributed by atoms with van der Waals surface area (Å²) in [6.45, 7) is 9.59. The Kier molecular flexibility index (Phi) is 5.73. The molecule has 1 fully saturated rings. The molecule has 0 aromatic rings. The molecule has 1 N–H and O–H groups in total. The smallest absolute Gasteiger partial charge is 0.309 e. The van der Waals surface area contributed by atoms with Gasteiger partial charge in [0.05, 0.1) is 6.42 Å². The molecule has 1 rings (SSSR count). The van der Waals surface area contributed by atoms with Gasteiger partial charge in [0.15, 0.2) is 6.29 Å². The van der Waals surface area contributed by atoms with Crippen LogP contribution in [0.1, 0.15) is 20.3 Å². The Balaban J connectivity index is 2.12. The fourth-order valence-corrected chi connectivity index (χ4v) is 1.83. The van der Waals surface area contributed by atoms with Gasteiger partial charge in [-0.15, -0.1) is 0 Å². The Morgan fingerprint density at radius 2 is 1.88 bits per heavy atom. The fourth-order valence-electron chi connectivity index (χ4n) is 1.83. The van der Waals surface area contributed by atoms with E-state index in [2.05, 4.69) is 21.5 Å². The molecule has 0 aromatic carbocycles. The number of piperazine rings is 1. The second-order valence-electron chi connectivity index (χ2n) is 4.12. The number of rotatable bonds is 5. The van der Waals surface area contributed by atoms with Gasteiger partial charge in [-0.25, -0.2) is 0 Å². The van der Waals surface area contributed by atoms with Crippen molar-refractivity contribution in [1.82, 2.24) is 9.80 Å². The first kappa shape index (κ1) is 13.4. The Labute approximate surface area is 97.0 Å². The Hall–Kier alpha value is -0.650. The highest BCUT2D eigenvalue weighted by Crippen LogP contribution is 2.02. The molecule has 0 aromatic heterocycles. The van der Waals surface area contributed by atoms with Gasteiger partial charge < -0.3 is 19.6 Å². The lowest BCUT2D eigenvalue weighted by Crippen LogP contribution is -2.46. The lowest BCUT2D eigenvalue weighted by molar-refractivity contribution is -0.165. The van der Waals surface area contributed by atoms with E-state index in [1.807, 2.05) is 0 Å².